The number of carboxylic acid groups (broad SMARTS) is 2. The molecule has 0 atom stereocenters. The average molecular weight is 346 g/mol. The summed E-state index contributed by atoms with van der Waals surface area (Å²) in [7, 11) is -3.57. The summed E-state index contributed by atoms with van der Waals surface area (Å²) in [5, 5.41) is 24.5. The molecule has 128 valence electrons. The van der Waals surface area contributed by atoms with Gasteiger partial charge in [-0.05, 0) is 25.0 Å². The second kappa shape index (κ2) is 8.44. The van der Waals surface area contributed by atoms with Gasteiger partial charge in [-0.1, -0.05) is 19.3 Å². The smallest absolute Gasteiger partial charge is 0.450 e. The van der Waals surface area contributed by atoms with Gasteiger partial charge in [0, 0.05) is 18.2 Å². The van der Waals surface area contributed by atoms with Crippen molar-refractivity contribution in [3.05, 3.63) is 34.4 Å². The lowest BCUT2D eigenvalue weighted by molar-refractivity contribution is -0.384. The van der Waals surface area contributed by atoms with Crippen molar-refractivity contribution in [2.24, 2.45) is 0 Å². The maximum atomic E-state index is 12.1. The van der Waals surface area contributed by atoms with Gasteiger partial charge in [0.1, 0.15) is 0 Å². The van der Waals surface area contributed by atoms with Gasteiger partial charge >= 0.3 is 6.16 Å². The Kier molecular flexibility index (Phi) is 6.91. The Morgan fingerprint density at radius 2 is 1.61 bits per heavy atom. The van der Waals surface area contributed by atoms with Crippen LogP contribution in [0.2, 0.25) is 0 Å². The zero-order valence-electron chi connectivity index (χ0n) is 12.2. The van der Waals surface area contributed by atoms with Crippen LogP contribution in [0.15, 0.2) is 29.2 Å². The molecule has 1 fully saturated rings. The zero-order chi connectivity index (χ0) is 17.5. The fraction of sp³-hybridized carbons (Fsp3) is 0.462. The Bertz CT molecular complexity index is 633. The van der Waals surface area contributed by atoms with E-state index in [4.69, 9.17) is 15.0 Å². The number of nitrogens with one attached hydrogen (secondary N) is 1. The maximum absolute atomic E-state index is 12.1. The van der Waals surface area contributed by atoms with E-state index in [-0.39, 0.29) is 16.6 Å². The summed E-state index contributed by atoms with van der Waals surface area (Å²) in [6.45, 7) is 0. The van der Waals surface area contributed by atoms with Crippen LogP contribution in [0.3, 0.4) is 0 Å². The van der Waals surface area contributed by atoms with Crippen LogP contribution in [0.1, 0.15) is 32.1 Å². The van der Waals surface area contributed by atoms with Crippen molar-refractivity contribution in [1.29, 1.82) is 0 Å². The lowest BCUT2D eigenvalue weighted by Crippen LogP contribution is -2.36. The number of benzene rings is 1. The van der Waals surface area contributed by atoms with E-state index in [1.54, 1.807) is 0 Å². The molecular weight excluding hydrogens is 328 g/mol. The summed E-state index contributed by atoms with van der Waals surface area (Å²) in [5.74, 6) is 0. The quantitative estimate of drug-likeness (QED) is 0.560. The van der Waals surface area contributed by atoms with Crippen LogP contribution >= 0.6 is 0 Å². The fourth-order valence-electron chi connectivity index (χ4n) is 2.25. The summed E-state index contributed by atoms with van der Waals surface area (Å²) in [5.41, 5.74) is -0.114. The van der Waals surface area contributed by atoms with E-state index in [1.807, 2.05) is 0 Å². The summed E-state index contributed by atoms with van der Waals surface area (Å²) < 4.78 is 26.9. The predicted octanol–water partition coefficient (Wildman–Crippen LogP) is 2.43. The molecule has 1 aliphatic carbocycles. The molecule has 10 heteroatoms. The highest BCUT2D eigenvalue weighted by Gasteiger charge is 2.22. The van der Waals surface area contributed by atoms with Gasteiger partial charge in [0.2, 0.25) is 10.0 Å². The van der Waals surface area contributed by atoms with Gasteiger partial charge in [-0.25, -0.2) is 17.9 Å². The van der Waals surface area contributed by atoms with Crippen molar-refractivity contribution in [2.75, 3.05) is 0 Å². The van der Waals surface area contributed by atoms with Crippen LogP contribution in [0.5, 0.6) is 0 Å². The normalized spacial score (nSPS) is 15.3. The number of non-ortho nitro benzene ring substituents is 1. The molecule has 1 aromatic carbocycles. The molecule has 1 aliphatic rings. The van der Waals surface area contributed by atoms with Crippen LogP contribution in [0.4, 0.5) is 10.5 Å². The van der Waals surface area contributed by atoms with E-state index < -0.39 is 21.1 Å². The van der Waals surface area contributed by atoms with E-state index in [9.17, 15) is 18.5 Å². The van der Waals surface area contributed by atoms with Crippen LogP contribution < -0.4 is 4.72 Å². The first-order chi connectivity index (χ1) is 10.7. The minimum absolute atomic E-state index is 0.0195. The molecule has 3 N–H and O–H groups in total. The van der Waals surface area contributed by atoms with E-state index >= 15 is 0 Å². The van der Waals surface area contributed by atoms with Gasteiger partial charge in [0.15, 0.2) is 0 Å². The van der Waals surface area contributed by atoms with Crippen molar-refractivity contribution in [1.82, 2.24) is 4.72 Å². The zero-order valence-corrected chi connectivity index (χ0v) is 13.0. The SMILES string of the molecule is O=C(O)O.O=[N+]([O-])c1ccc(S(=O)(=O)NC2CCCCC2)cc1. The number of nitro groups is 1. The fourth-order valence-corrected chi connectivity index (χ4v) is 3.56. The molecule has 0 aliphatic heterocycles. The Morgan fingerprint density at radius 1 is 1.13 bits per heavy atom. The third kappa shape index (κ3) is 6.61. The molecule has 0 spiro atoms. The first-order valence-electron chi connectivity index (χ1n) is 6.91. The number of hydrogen-bond acceptors (Lipinski definition) is 5. The molecule has 0 aromatic heterocycles. The Morgan fingerprint density at radius 3 is 2.04 bits per heavy atom. The molecule has 9 nitrogen and oxygen atoms in total. The number of nitro benzene ring substituents is 1. The van der Waals surface area contributed by atoms with Crippen LogP contribution in [-0.2, 0) is 10.0 Å². The van der Waals surface area contributed by atoms with Gasteiger partial charge in [-0.3, -0.25) is 10.1 Å². The highest BCUT2D eigenvalue weighted by atomic mass is 32.2. The van der Waals surface area contributed by atoms with Crippen molar-refractivity contribution >= 4 is 21.9 Å². The van der Waals surface area contributed by atoms with Crippen molar-refractivity contribution in [2.45, 2.75) is 43.0 Å². The molecule has 1 aromatic rings. The first-order valence-corrected chi connectivity index (χ1v) is 8.39. The summed E-state index contributed by atoms with van der Waals surface area (Å²) in [6.07, 6.45) is 3.09. The van der Waals surface area contributed by atoms with Crippen LogP contribution in [0, 0.1) is 10.1 Å². The van der Waals surface area contributed by atoms with E-state index in [0.29, 0.717) is 0 Å². The highest BCUT2D eigenvalue weighted by Crippen LogP contribution is 2.21. The maximum Gasteiger partial charge on any atom is 0.503 e. The largest absolute Gasteiger partial charge is 0.503 e. The molecule has 0 amide bonds. The van der Waals surface area contributed by atoms with Crippen LogP contribution in [-0.4, -0.2) is 35.8 Å². The summed E-state index contributed by atoms with van der Waals surface area (Å²) in [6, 6.07) is 4.92. The molecule has 2 rings (SSSR count). The number of sulfonamides is 1. The Labute approximate surface area is 133 Å². The van der Waals surface area contributed by atoms with Gasteiger partial charge < -0.3 is 10.2 Å². The van der Waals surface area contributed by atoms with E-state index in [0.717, 1.165) is 32.1 Å². The summed E-state index contributed by atoms with van der Waals surface area (Å²) >= 11 is 0. The third-order valence-electron chi connectivity index (χ3n) is 3.28. The van der Waals surface area contributed by atoms with Gasteiger partial charge in [0.05, 0.1) is 9.82 Å². The minimum atomic E-state index is -3.57. The molecular formula is C13H18N2O7S. The van der Waals surface area contributed by atoms with Gasteiger partial charge in [-0.2, -0.15) is 0 Å². The predicted molar refractivity (Wildman–Crippen MR) is 80.9 cm³/mol. The number of nitrogens with zero attached hydrogens (tertiary/aromatic N) is 1. The van der Waals surface area contributed by atoms with Crippen molar-refractivity contribution < 1.29 is 28.3 Å². The molecule has 0 radical (unpaired) electrons. The van der Waals surface area contributed by atoms with Crippen molar-refractivity contribution in [3.8, 4) is 0 Å². The van der Waals surface area contributed by atoms with E-state index in [1.165, 1.54) is 24.3 Å². The average Bonchev–Trinajstić information content (AvgIpc) is 2.47. The van der Waals surface area contributed by atoms with Gasteiger partial charge in [0.25, 0.3) is 5.69 Å². The second-order valence-corrected chi connectivity index (χ2v) is 6.70. The molecule has 0 unspecified atom stereocenters. The van der Waals surface area contributed by atoms with E-state index in [2.05, 4.69) is 4.72 Å². The lowest BCUT2D eigenvalue weighted by Gasteiger charge is -2.22. The number of hydrogen-bond donors (Lipinski definition) is 3. The standard InChI is InChI=1S/C12H16N2O4S.CH2O3/c15-14(16)11-6-8-12(9-7-11)19(17,18)13-10-4-2-1-3-5-10;2-1(3)4/h6-10,13H,1-5H2;(H2,2,3,4). The molecule has 0 saturated heterocycles. The van der Waals surface area contributed by atoms with Gasteiger partial charge in [-0.15, -0.1) is 0 Å². The second-order valence-electron chi connectivity index (χ2n) is 4.99. The molecule has 1 saturated carbocycles. The van der Waals surface area contributed by atoms with Crippen LogP contribution in [0.25, 0.3) is 0 Å². The Hall–Kier alpha value is -2.20. The molecule has 0 heterocycles. The number of rotatable bonds is 4. The van der Waals surface area contributed by atoms with Crippen molar-refractivity contribution in [3.63, 3.8) is 0 Å². The monoisotopic (exact) mass is 346 g/mol. The minimum Gasteiger partial charge on any atom is -0.450 e. The summed E-state index contributed by atoms with van der Waals surface area (Å²) in [4.78, 5) is 18.6. The highest BCUT2D eigenvalue weighted by molar-refractivity contribution is 7.89. The number of carbonyl (C=O) groups is 1. The third-order valence-corrected chi connectivity index (χ3v) is 4.82. The molecule has 23 heavy (non-hydrogen) atoms. The lowest BCUT2D eigenvalue weighted by atomic mass is 9.96. The Balaban J connectivity index is 0.000000593. The topological polar surface area (TPSA) is 147 Å². The molecule has 0 bridgehead atoms. The first kappa shape index (κ1) is 18.8.